The highest BCUT2D eigenvalue weighted by atomic mass is 19.1. The molecule has 62 valence electrons. The summed E-state index contributed by atoms with van der Waals surface area (Å²) in [6, 6.07) is 0. The third-order valence-electron chi connectivity index (χ3n) is 3.03. The molecule has 2 aliphatic rings. The van der Waals surface area contributed by atoms with Gasteiger partial charge < -0.3 is 0 Å². The van der Waals surface area contributed by atoms with E-state index < -0.39 is 6.17 Å². The Morgan fingerprint density at radius 2 is 1.73 bits per heavy atom. The van der Waals surface area contributed by atoms with Crippen molar-refractivity contribution in [1.82, 2.24) is 0 Å². The number of alkyl halides is 1. The number of rotatable bonds is 0. The molecule has 2 bridgehead atoms. The zero-order chi connectivity index (χ0) is 7.84. The molecule has 2 aliphatic carbocycles. The van der Waals surface area contributed by atoms with Gasteiger partial charge in [0.2, 0.25) is 0 Å². The van der Waals surface area contributed by atoms with Crippen molar-refractivity contribution in [2.24, 2.45) is 11.8 Å². The number of carbonyl (C=O) groups excluding carboxylic acids is 1. The topological polar surface area (TPSA) is 17.1 Å². The van der Waals surface area contributed by atoms with Gasteiger partial charge in [0.25, 0.3) is 0 Å². The van der Waals surface area contributed by atoms with Gasteiger partial charge in [-0.25, -0.2) is 4.39 Å². The fourth-order valence-electron chi connectivity index (χ4n) is 2.44. The average molecular weight is 156 g/mol. The van der Waals surface area contributed by atoms with Crippen molar-refractivity contribution in [3.05, 3.63) is 0 Å². The van der Waals surface area contributed by atoms with Crippen LogP contribution < -0.4 is 0 Å². The maximum atomic E-state index is 13.3. The zero-order valence-electron chi connectivity index (χ0n) is 6.55. The SMILES string of the molecule is O=C1CC2CCCC(C1)C2F. The first-order chi connectivity index (χ1) is 5.27. The summed E-state index contributed by atoms with van der Waals surface area (Å²) >= 11 is 0. The third kappa shape index (κ3) is 1.19. The third-order valence-corrected chi connectivity index (χ3v) is 3.03. The molecule has 0 heterocycles. The average Bonchev–Trinajstić information content (AvgIpc) is 1.92. The summed E-state index contributed by atoms with van der Waals surface area (Å²) in [6.07, 6.45) is 3.35. The van der Waals surface area contributed by atoms with E-state index in [1.165, 1.54) is 0 Å². The minimum Gasteiger partial charge on any atom is -0.300 e. The molecule has 2 atom stereocenters. The van der Waals surface area contributed by atoms with Crippen LogP contribution in [0.25, 0.3) is 0 Å². The number of fused-ring (bicyclic) bond motifs is 2. The van der Waals surface area contributed by atoms with Crippen LogP contribution in [-0.2, 0) is 4.79 Å². The fraction of sp³-hybridized carbons (Fsp3) is 0.889. The van der Waals surface area contributed by atoms with E-state index in [0.717, 1.165) is 19.3 Å². The van der Waals surface area contributed by atoms with Gasteiger partial charge in [0.15, 0.2) is 0 Å². The maximum absolute atomic E-state index is 13.3. The summed E-state index contributed by atoms with van der Waals surface area (Å²) in [4.78, 5) is 11.1. The van der Waals surface area contributed by atoms with E-state index in [2.05, 4.69) is 0 Å². The van der Waals surface area contributed by atoms with Crippen molar-refractivity contribution in [3.8, 4) is 0 Å². The molecule has 2 heteroatoms. The Hall–Kier alpha value is -0.400. The summed E-state index contributed by atoms with van der Waals surface area (Å²) in [5.41, 5.74) is 0. The smallest absolute Gasteiger partial charge is 0.133 e. The lowest BCUT2D eigenvalue weighted by Gasteiger charge is -2.36. The van der Waals surface area contributed by atoms with Crippen LogP contribution in [0, 0.1) is 11.8 Å². The van der Waals surface area contributed by atoms with Crippen molar-refractivity contribution in [3.63, 3.8) is 0 Å². The fourth-order valence-corrected chi connectivity index (χ4v) is 2.44. The van der Waals surface area contributed by atoms with E-state index in [0.29, 0.717) is 12.8 Å². The van der Waals surface area contributed by atoms with Gasteiger partial charge in [-0.2, -0.15) is 0 Å². The molecule has 1 nitrogen and oxygen atoms in total. The number of hydrogen-bond donors (Lipinski definition) is 0. The molecule has 2 rings (SSSR count). The quantitative estimate of drug-likeness (QED) is 0.525. The minimum atomic E-state index is -0.665. The van der Waals surface area contributed by atoms with Gasteiger partial charge >= 0.3 is 0 Å². The summed E-state index contributed by atoms with van der Waals surface area (Å²) in [5, 5.41) is 0. The summed E-state index contributed by atoms with van der Waals surface area (Å²) < 4.78 is 13.3. The number of hydrogen-bond acceptors (Lipinski definition) is 1. The molecule has 0 spiro atoms. The normalized spacial score (nSPS) is 44.1. The zero-order valence-corrected chi connectivity index (χ0v) is 6.55. The molecule has 2 fully saturated rings. The lowest BCUT2D eigenvalue weighted by Crippen LogP contribution is -2.37. The van der Waals surface area contributed by atoms with Crippen molar-refractivity contribution < 1.29 is 9.18 Å². The second-order valence-corrected chi connectivity index (χ2v) is 3.84. The van der Waals surface area contributed by atoms with Crippen LogP contribution in [-0.4, -0.2) is 12.0 Å². The van der Waals surface area contributed by atoms with Crippen LogP contribution in [0.3, 0.4) is 0 Å². The monoisotopic (exact) mass is 156 g/mol. The first kappa shape index (κ1) is 7.26. The Morgan fingerprint density at radius 3 is 2.27 bits per heavy atom. The van der Waals surface area contributed by atoms with E-state index in [-0.39, 0.29) is 17.6 Å². The largest absolute Gasteiger partial charge is 0.300 e. The molecule has 0 amide bonds. The van der Waals surface area contributed by atoms with Gasteiger partial charge in [-0.15, -0.1) is 0 Å². The van der Waals surface area contributed by atoms with Gasteiger partial charge in [-0.3, -0.25) is 4.79 Å². The molecule has 0 N–H and O–H groups in total. The lowest BCUT2D eigenvalue weighted by atomic mass is 9.70. The highest BCUT2D eigenvalue weighted by Gasteiger charge is 2.39. The van der Waals surface area contributed by atoms with Crippen molar-refractivity contribution in [1.29, 1.82) is 0 Å². The summed E-state index contributed by atoms with van der Waals surface area (Å²) in [6.45, 7) is 0. The molecule has 0 aromatic heterocycles. The van der Waals surface area contributed by atoms with Crippen LogP contribution in [0.15, 0.2) is 0 Å². The highest BCUT2D eigenvalue weighted by molar-refractivity contribution is 5.80. The first-order valence-corrected chi connectivity index (χ1v) is 4.43. The van der Waals surface area contributed by atoms with Gasteiger partial charge in [-0.1, -0.05) is 6.42 Å². The Bertz CT molecular complexity index is 162. The maximum Gasteiger partial charge on any atom is 0.133 e. The van der Waals surface area contributed by atoms with Crippen LogP contribution in [0.5, 0.6) is 0 Å². The second-order valence-electron chi connectivity index (χ2n) is 3.84. The standard InChI is InChI=1S/C9H13FO/c10-9-6-2-1-3-7(9)5-8(11)4-6/h6-7,9H,1-5H2. The van der Waals surface area contributed by atoms with Crippen LogP contribution in [0.1, 0.15) is 32.1 Å². The Labute approximate surface area is 66.0 Å². The molecule has 11 heavy (non-hydrogen) atoms. The lowest BCUT2D eigenvalue weighted by molar-refractivity contribution is -0.127. The minimum absolute atomic E-state index is 0.0787. The number of Topliss-reactive ketones (excluding diaryl/α,β-unsaturated/α-hetero) is 1. The van der Waals surface area contributed by atoms with E-state index in [1.54, 1.807) is 0 Å². The van der Waals surface area contributed by atoms with E-state index in [4.69, 9.17) is 0 Å². The molecular formula is C9H13FO. The van der Waals surface area contributed by atoms with Crippen molar-refractivity contribution >= 4 is 5.78 Å². The number of carbonyl (C=O) groups is 1. The van der Waals surface area contributed by atoms with Crippen molar-refractivity contribution in [2.75, 3.05) is 0 Å². The molecule has 2 unspecified atom stereocenters. The van der Waals surface area contributed by atoms with E-state index >= 15 is 0 Å². The molecule has 2 saturated carbocycles. The highest BCUT2D eigenvalue weighted by Crippen LogP contribution is 2.40. The molecule has 0 radical (unpaired) electrons. The van der Waals surface area contributed by atoms with Crippen LogP contribution in [0.4, 0.5) is 4.39 Å². The molecule has 0 aliphatic heterocycles. The molecule has 0 aromatic rings. The van der Waals surface area contributed by atoms with E-state index in [1.807, 2.05) is 0 Å². The van der Waals surface area contributed by atoms with Gasteiger partial charge in [0, 0.05) is 12.8 Å². The second kappa shape index (κ2) is 2.58. The van der Waals surface area contributed by atoms with Gasteiger partial charge in [0.05, 0.1) is 0 Å². The summed E-state index contributed by atoms with van der Waals surface area (Å²) in [5.74, 6) is 0.443. The molecule has 0 aromatic carbocycles. The molecular weight excluding hydrogens is 143 g/mol. The van der Waals surface area contributed by atoms with E-state index in [9.17, 15) is 9.18 Å². The molecule has 0 saturated heterocycles. The Kier molecular flexibility index (Phi) is 1.70. The number of ketones is 1. The predicted molar refractivity (Wildman–Crippen MR) is 40.0 cm³/mol. The number of halogens is 1. The summed E-state index contributed by atoms with van der Waals surface area (Å²) in [7, 11) is 0. The van der Waals surface area contributed by atoms with Gasteiger partial charge in [0.1, 0.15) is 12.0 Å². The van der Waals surface area contributed by atoms with Crippen molar-refractivity contribution in [2.45, 2.75) is 38.3 Å². The van der Waals surface area contributed by atoms with Crippen LogP contribution >= 0.6 is 0 Å². The predicted octanol–water partition coefficient (Wildman–Crippen LogP) is 2.10. The Balaban J connectivity index is 2.12. The van der Waals surface area contributed by atoms with Gasteiger partial charge in [-0.05, 0) is 24.7 Å². The Morgan fingerprint density at radius 1 is 1.18 bits per heavy atom. The first-order valence-electron chi connectivity index (χ1n) is 4.43. The van der Waals surface area contributed by atoms with Crippen LogP contribution in [0.2, 0.25) is 0 Å².